The zero-order valence-electron chi connectivity index (χ0n) is 13.1. The molecule has 2 N–H and O–H groups in total. The molecule has 0 aliphatic rings. The Balaban J connectivity index is 2.98. The fourth-order valence-corrected chi connectivity index (χ4v) is 2.79. The normalized spacial score (nSPS) is 13.7. The zero-order chi connectivity index (χ0) is 14.4. The van der Waals surface area contributed by atoms with Crippen molar-refractivity contribution in [3.8, 4) is 0 Å². The summed E-state index contributed by atoms with van der Waals surface area (Å²) in [5, 5.41) is 4.29. The van der Waals surface area contributed by atoms with Crippen molar-refractivity contribution in [1.82, 2.24) is 14.7 Å². The van der Waals surface area contributed by atoms with Crippen LogP contribution >= 0.6 is 0 Å². The largest absolute Gasteiger partial charge is 0.329 e. The van der Waals surface area contributed by atoms with E-state index in [1.165, 1.54) is 18.4 Å². The van der Waals surface area contributed by atoms with Crippen molar-refractivity contribution in [2.75, 3.05) is 13.1 Å². The molecule has 1 heterocycles. The van der Waals surface area contributed by atoms with E-state index in [4.69, 9.17) is 5.73 Å². The molecule has 0 aliphatic carbocycles. The van der Waals surface area contributed by atoms with Crippen LogP contribution in [0.3, 0.4) is 0 Å². The zero-order valence-corrected chi connectivity index (χ0v) is 13.1. The molecule has 1 atom stereocenters. The highest BCUT2D eigenvalue weighted by molar-refractivity contribution is 5.11. The van der Waals surface area contributed by atoms with Crippen LogP contribution in [0.5, 0.6) is 0 Å². The van der Waals surface area contributed by atoms with E-state index in [-0.39, 0.29) is 6.04 Å². The summed E-state index contributed by atoms with van der Waals surface area (Å²) in [5.74, 6) is 0.645. The van der Waals surface area contributed by atoms with Gasteiger partial charge in [0.05, 0.1) is 12.2 Å². The van der Waals surface area contributed by atoms with E-state index >= 15 is 0 Å². The molecule has 0 aliphatic heterocycles. The third-order valence-corrected chi connectivity index (χ3v) is 3.72. The smallest absolute Gasteiger partial charge is 0.0538 e. The van der Waals surface area contributed by atoms with Crippen molar-refractivity contribution in [2.45, 2.75) is 52.6 Å². The Hall–Kier alpha value is -0.870. The first kappa shape index (κ1) is 16.2. The second-order valence-corrected chi connectivity index (χ2v) is 5.76. The molecule has 1 unspecified atom stereocenters. The Bertz CT molecular complexity index is 355. The lowest BCUT2D eigenvalue weighted by atomic mass is 10.0. The van der Waals surface area contributed by atoms with E-state index in [1.807, 2.05) is 17.9 Å². The Labute approximate surface area is 118 Å². The third kappa shape index (κ3) is 4.32. The van der Waals surface area contributed by atoms with Gasteiger partial charge in [-0.15, -0.1) is 0 Å². The van der Waals surface area contributed by atoms with Crippen molar-refractivity contribution in [1.29, 1.82) is 0 Å². The van der Waals surface area contributed by atoms with E-state index in [2.05, 4.69) is 43.9 Å². The van der Waals surface area contributed by atoms with Gasteiger partial charge in [-0.2, -0.15) is 5.10 Å². The molecule has 0 bridgehead atoms. The first-order valence-electron chi connectivity index (χ1n) is 7.47. The van der Waals surface area contributed by atoms with Crippen molar-refractivity contribution >= 4 is 0 Å². The first-order chi connectivity index (χ1) is 9.03. The quantitative estimate of drug-likeness (QED) is 0.786. The highest BCUT2D eigenvalue weighted by atomic mass is 15.3. The molecular formula is C15H30N4. The highest BCUT2D eigenvalue weighted by Crippen LogP contribution is 2.25. The maximum absolute atomic E-state index is 6.06. The summed E-state index contributed by atoms with van der Waals surface area (Å²) >= 11 is 0. The molecule has 110 valence electrons. The highest BCUT2D eigenvalue weighted by Gasteiger charge is 2.26. The molecule has 4 nitrogen and oxygen atoms in total. The second kappa shape index (κ2) is 7.65. The van der Waals surface area contributed by atoms with Gasteiger partial charge in [0.2, 0.25) is 0 Å². The summed E-state index contributed by atoms with van der Waals surface area (Å²) in [6.07, 6.45) is 6.38. The predicted molar refractivity (Wildman–Crippen MR) is 80.9 cm³/mol. The summed E-state index contributed by atoms with van der Waals surface area (Å²) in [6, 6.07) is 0.872. The van der Waals surface area contributed by atoms with Crippen LogP contribution in [0.25, 0.3) is 0 Å². The van der Waals surface area contributed by atoms with Crippen LogP contribution in [0.15, 0.2) is 12.4 Å². The van der Waals surface area contributed by atoms with E-state index in [9.17, 15) is 0 Å². The van der Waals surface area contributed by atoms with Crippen LogP contribution < -0.4 is 5.73 Å². The van der Waals surface area contributed by atoms with Gasteiger partial charge in [0, 0.05) is 37.9 Å². The standard InChI is InChI=1S/C15H30N4/c1-6-14(7-2)19(10-12(3)4)15(8-16)13-9-17-18(5)11-13/h9,11-12,14-15H,6-8,10,16H2,1-5H3. The van der Waals surface area contributed by atoms with Crippen LogP contribution in [-0.4, -0.2) is 33.8 Å². The number of rotatable bonds is 8. The molecule has 0 spiro atoms. The molecule has 0 aromatic carbocycles. The lowest BCUT2D eigenvalue weighted by molar-refractivity contribution is 0.112. The summed E-state index contributed by atoms with van der Waals surface area (Å²) < 4.78 is 1.86. The molecule has 0 saturated carbocycles. The predicted octanol–water partition coefficient (Wildman–Crippen LogP) is 2.57. The molecule has 4 heteroatoms. The van der Waals surface area contributed by atoms with E-state index in [1.54, 1.807) is 0 Å². The van der Waals surface area contributed by atoms with Gasteiger partial charge in [-0.25, -0.2) is 0 Å². The fraction of sp³-hybridized carbons (Fsp3) is 0.800. The van der Waals surface area contributed by atoms with Crippen molar-refractivity contribution < 1.29 is 0 Å². The number of hydrogen-bond acceptors (Lipinski definition) is 3. The molecule has 1 rings (SSSR count). The van der Waals surface area contributed by atoms with Gasteiger partial charge >= 0.3 is 0 Å². The average Bonchev–Trinajstić information content (AvgIpc) is 2.77. The van der Waals surface area contributed by atoms with Gasteiger partial charge in [-0.3, -0.25) is 9.58 Å². The average molecular weight is 266 g/mol. The van der Waals surface area contributed by atoms with Gasteiger partial charge in [0.1, 0.15) is 0 Å². The minimum atomic E-state index is 0.279. The Morgan fingerprint density at radius 1 is 1.32 bits per heavy atom. The van der Waals surface area contributed by atoms with Gasteiger partial charge in [-0.1, -0.05) is 27.7 Å². The molecule has 1 aromatic rings. The van der Waals surface area contributed by atoms with Crippen LogP contribution in [0.2, 0.25) is 0 Å². The molecule has 0 amide bonds. The van der Waals surface area contributed by atoms with Crippen LogP contribution in [0, 0.1) is 5.92 Å². The van der Waals surface area contributed by atoms with Gasteiger partial charge in [0.25, 0.3) is 0 Å². The van der Waals surface area contributed by atoms with Crippen molar-refractivity contribution in [3.63, 3.8) is 0 Å². The van der Waals surface area contributed by atoms with E-state index in [0.717, 1.165) is 6.54 Å². The number of hydrogen-bond donors (Lipinski definition) is 1. The van der Waals surface area contributed by atoms with E-state index in [0.29, 0.717) is 18.5 Å². The van der Waals surface area contributed by atoms with Gasteiger partial charge in [-0.05, 0) is 18.8 Å². The van der Waals surface area contributed by atoms with Gasteiger partial charge in [0.15, 0.2) is 0 Å². The molecule has 19 heavy (non-hydrogen) atoms. The molecular weight excluding hydrogens is 236 g/mol. The van der Waals surface area contributed by atoms with Crippen molar-refractivity contribution in [2.24, 2.45) is 18.7 Å². The maximum Gasteiger partial charge on any atom is 0.0538 e. The molecule has 0 fully saturated rings. The van der Waals surface area contributed by atoms with E-state index < -0.39 is 0 Å². The first-order valence-corrected chi connectivity index (χ1v) is 7.47. The number of nitrogens with two attached hydrogens (primary N) is 1. The molecule has 0 radical (unpaired) electrons. The fourth-order valence-electron chi connectivity index (χ4n) is 2.79. The molecule has 0 saturated heterocycles. The van der Waals surface area contributed by atoms with Crippen LogP contribution in [0.4, 0.5) is 0 Å². The van der Waals surface area contributed by atoms with Crippen LogP contribution in [-0.2, 0) is 7.05 Å². The number of aromatic nitrogens is 2. The summed E-state index contributed by atoms with van der Waals surface area (Å²) in [4.78, 5) is 2.57. The minimum Gasteiger partial charge on any atom is -0.329 e. The summed E-state index contributed by atoms with van der Waals surface area (Å²) in [7, 11) is 1.96. The Morgan fingerprint density at radius 3 is 2.32 bits per heavy atom. The summed E-state index contributed by atoms with van der Waals surface area (Å²) in [5.41, 5.74) is 7.29. The van der Waals surface area contributed by atoms with Gasteiger partial charge < -0.3 is 5.73 Å². The lowest BCUT2D eigenvalue weighted by Crippen LogP contribution is -2.43. The number of nitrogens with zero attached hydrogens (tertiary/aromatic N) is 3. The lowest BCUT2D eigenvalue weighted by Gasteiger charge is -2.38. The Kier molecular flexibility index (Phi) is 6.52. The topological polar surface area (TPSA) is 47.1 Å². The summed E-state index contributed by atoms with van der Waals surface area (Å²) in [6.45, 7) is 10.8. The SMILES string of the molecule is CCC(CC)N(CC(C)C)C(CN)c1cnn(C)c1. The van der Waals surface area contributed by atoms with Crippen molar-refractivity contribution in [3.05, 3.63) is 18.0 Å². The minimum absolute atomic E-state index is 0.279. The monoisotopic (exact) mass is 266 g/mol. The second-order valence-electron chi connectivity index (χ2n) is 5.76. The maximum atomic E-state index is 6.06. The van der Waals surface area contributed by atoms with Crippen LogP contribution in [0.1, 0.15) is 52.1 Å². The molecule has 1 aromatic heterocycles. The third-order valence-electron chi connectivity index (χ3n) is 3.72. The Morgan fingerprint density at radius 2 is 1.95 bits per heavy atom. The number of aryl methyl sites for hydroxylation is 1.